The number of rotatable bonds is 4. The van der Waals surface area contributed by atoms with Gasteiger partial charge < -0.3 is 15.2 Å². The number of nitrogens with zero attached hydrogens (tertiary/aromatic N) is 1. The van der Waals surface area contributed by atoms with Crippen molar-refractivity contribution in [3.8, 4) is 11.8 Å². The second-order valence-electron chi connectivity index (χ2n) is 4.65. The first-order valence-electron chi connectivity index (χ1n) is 5.52. The number of anilines is 1. The highest BCUT2D eigenvalue weighted by Crippen LogP contribution is 2.31. The summed E-state index contributed by atoms with van der Waals surface area (Å²) >= 11 is 2.04. The van der Waals surface area contributed by atoms with Crippen LogP contribution in [0.3, 0.4) is 0 Å². The molecule has 0 bridgehead atoms. The van der Waals surface area contributed by atoms with Crippen LogP contribution in [0.15, 0.2) is 12.1 Å². The minimum Gasteiger partial charge on any atom is -0.489 e. The molecule has 1 aromatic rings. The lowest BCUT2D eigenvalue weighted by molar-refractivity contribution is -0.152. The van der Waals surface area contributed by atoms with E-state index in [9.17, 15) is 4.79 Å². The molecule has 2 N–H and O–H groups in total. The van der Waals surface area contributed by atoms with Crippen LogP contribution in [0.2, 0.25) is 0 Å². The monoisotopic (exact) mass is 374 g/mol. The molecule has 0 aliphatic carbocycles. The van der Waals surface area contributed by atoms with E-state index in [2.05, 4.69) is 0 Å². The highest BCUT2D eigenvalue weighted by molar-refractivity contribution is 14.1. The van der Waals surface area contributed by atoms with Gasteiger partial charge in [-0.2, -0.15) is 5.26 Å². The predicted octanol–water partition coefficient (Wildman–Crippen LogP) is 2.32. The van der Waals surface area contributed by atoms with Crippen molar-refractivity contribution in [2.45, 2.75) is 13.8 Å². The Kier molecular flexibility index (Phi) is 5.00. The molecule has 0 heterocycles. The molecule has 0 saturated heterocycles. The van der Waals surface area contributed by atoms with Crippen molar-refractivity contribution >= 4 is 34.2 Å². The van der Waals surface area contributed by atoms with Crippen molar-refractivity contribution in [1.29, 1.82) is 5.26 Å². The van der Waals surface area contributed by atoms with Crippen LogP contribution in [0.1, 0.15) is 19.4 Å². The number of ether oxygens (including phenoxy) is 2. The zero-order valence-electron chi connectivity index (χ0n) is 11.0. The number of methoxy groups -OCH3 is 1. The van der Waals surface area contributed by atoms with Gasteiger partial charge in [-0.1, -0.05) is 0 Å². The van der Waals surface area contributed by atoms with Crippen molar-refractivity contribution < 1.29 is 14.3 Å². The van der Waals surface area contributed by atoms with Crippen molar-refractivity contribution in [1.82, 2.24) is 0 Å². The molecule has 0 unspecified atom stereocenters. The third kappa shape index (κ3) is 3.73. The second-order valence-corrected chi connectivity index (χ2v) is 5.81. The summed E-state index contributed by atoms with van der Waals surface area (Å²) in [5.41, 5.74) is 5.93. The SMILES string of the molecule is COC(=O)C(C)(C)COc1c(N)cc(C#N)cc1I. The number of esters is 1. The normalized spacial score (nSPS) is 10.7. The summed E-state index contributed by atoms with van der Waals surface area (Å²) in [5, 5.41) is 8.83. The molecule has 0 aromatic heterocycles. The van der Waals surface area contributed by atoms with Gasteiger partial charge in [-0.25, -0.2) is 0 Å². The lowest BCUT2D eigenvalue weighted by Gasteiger charge is -2.22. The molecule has 0 fully saturated rings. The number of hydrogen-bond donors (Lipinski definition) is 1. The van der Waals surface area contributed by atoms with Crippen LogP contribution >= 0.6 is 22.6 Å². The summed E-state index contributed by atoms with van der Waals surface area (Å²) in [6.07, 6.45) is 0. The van der Waals surface area contributed by atoms with Crippen molar-refractivity contribution in [3.63, 3.8) is 0 Å². The van der Waals surface area contributed by atoms with Crippen molar-refractivity contribution in [2.24, 2.45) is 5.41 Å². The molecular formula is C13H15IN2O3. The van der Waals surface area contributed by atoms with Gasteiger partial charge in [-0.15, -0.1) is 0 Å². The van der Waals surface area contributed by atoms with E-state index in [0.717, 1.165) is 3.57 Å². The number of nitrogen functional groups attached to an aromatic ring is 1. The third-order valence-electron chi connectivity index (χ3n) is 2.52. The first kappa shape index (κ1) is 15.6. The van der Waals surface area contributed by atoms with Gasteiger partial charge in [-0.05, 0) is 48.6 Å². The fourth-order valence-corrected chi connectivity index (χ4v) is 2.22. The molecule has 0 spiro atoms. The van der Waals surface area contributed by atoms with Crippen LogP contribution in [0.5, 0.6) is 5.75 Å². The second kappa shape index (κ2) is 6.10. The molecule has 6 heteroatoms. The predicted molar refractivity (Wildman–Crippen MR) is 79.6 cm³/mol. The van der Waals surface area contributed by atoms with E-state index >= 15 is 0 Å². The van der Waals surface area contributed by atoms with E-state index in [1.807, 2.05) is 28.7 Å². The van der Waals surface area contributed by atoms with E-state index in [1.165, 1.54) is 7.11 Å². The lowest BCUT2D eigenvalue weighted by atomic mass is 9.95. The molecule has 5 nitrogen and oxygen atoms in total. The van der Waals surface area contributed by atoms with Crippen molar-refractivity contribution in [3.05, 3.63) is 21.3 Å². The van der Waals surface area contributed by atoms with E-state index < -0.39 is 5.41 Å². The summed E-state index contributed by atoms with van der Waals surface area (Å²) in [6.45, 7) is 3.60. The van der Waals surface area contributed by atoms with E-state index in [1.54, 1.807) is 26.0 Å². The molecule has 0 saturated carbocycles. The average molecular weight is 374 g/mol. The molecule has 0 amide bonds. The average Bonchev–Trinajstić information content (AvgIpc) is 2.36. The minimum absolute atomic E-state index is 0.145. The number of nitrogens with two attached hydrogens (primary N) is 1. The Morgan fingerprint density at radius 2 is 2.16 bits per heavy atom. The Balaban J connectivity index is 2.91. The Morgan fingerprint density at radius 3 is 2.63 bits per heavy atom. The van der Waals surface area contributed by atoms with Gasteiger partial charge in [0.25, 0.3) is 0 Å². The van der Waals surface area contributed by atoms with Crippen molar-refractivity contribution in [2.75, 3.05) is 19.5 Å². The standard InChI is InChI=1S/C13H15IN2O3/c1-13(2,12(17)18-3)7-19-11-9(14)4-8(6-15)5-10(11)16/h4-5H,7,16H2,1-3H3. The highest BCUT2D eigenvalue weighted by atomic mass is 127. The van der Waals surface area contributed by atoms with Gasteiger partial charge in [0.05, 0.1) is 33.4 Å². The zero-order chi connectivity index (χ0) is 14.6. The Hall–Kier alpha value is -1.49. The van der Waals surface area contributed by atoms with Gasteiger partial charge >= 0.3 is 5.97 Å². The van der Waals surface area contributed by atoms with Gasteiger partial charge in [0.2, 0.25) is 0 Å². The number of nitriles is 1. The van der Waals surface area contributed by atoms with Crippen LogP contribution in [-0.4, -0.2) is 19.7 Å². The molecule has 102 valence electrons. The first-order valence-corrected chi connectivity index (χ1v) is 6.60. The van der Waals surface area contributed by atoms with E-state index in [0.29, 0.717) is 17.0 Å². The molecule has 1 rings (SSSR count). The molecule has 19 heavy (non-hydrogen) atoms. The number of benzene rings is 1. The minimum atomic E-state index is -0.766. The lowest BCUT2D eigenvalue weighted by Crippen LogP contribution is -2.32. The van der Waals surface area contributed by atoms with Crippen LogP contribution in [0.4, 0.5) is 5.69 Å². The third-order valence-corrected chi connectivity index (χ3v) is 3.32. The largest absolute Gasteiger partial charge is 0.489 e. The number of halogens is 1. The van der Waals surface area contributed by atoms with Gasteiger partial charge in [0.1, 0.15) is 6.61 Å². The topological polar surface area (TPSA) is 85.3 Å². The molecule has 0 aliphatic heterocycles. The van der Waals surface area contributed by atoms with Crippen LogP contribution < -0.4 is 10.5 Å². The van der Waals surface area contributed by atoms with E-state index in [4.69, 9.17) is 20.5 Å². The van der Waals surface area contributed by atoms with E-state index in [-0.39, 0.29) is 12.6 Å². The summed E-state index contributed by atoms with van der Waals surface area (Å²) in [7, 11) is 1.34. The number of hydrogen-bond acceptors (Lipinski definition) is 5. The fraction of sp³-hybridized carbons (Fsp3) is 0.385. The Labute approximate surface area is 125 Å². The first-order chi connectivity index (χ1) is 8.81. The molecular weight excluding hydrogens is 359 g/mol. The number of carbonyl (C=O) groups is 1. The van der Waals surface area contributed by atoms with Crippen LogP contribution in [0, 0.1) is 20.3 Å². The Morgan fingerprint density at radius 1 is 1.53 bits per heavy atom. The highest BCUT2D eigenvalue weighted by Gasteiger charge is 2.30. The molecule has 0 atom stereocenters. The maximum atomic E-state index is 11.5. The summed E-state index contributed by atoms with van der Waals surface area (Å²) in [5.74, 6) is 0.131. The Bertz CT molecular complexity index is 512. The number of carbonyl (C=O) groups excluding carboxylic acids is 1. The molecule has 0 radical (unpaired) electrons. The molecule has 0 aliphatic rings. The quantitative estimate of drug-likeness (QED) is 0.497. The summed E-state index contributed by atoms with van der Waals surface area (Å²) in [6, 6.07) is 5.24. The maximum Gasteiger partial charge on any atom is 0.314 e. The zero-order valence-corrected chi connectivity index (χ0v) is 13.1. The fourth-order valence-electron chi connectivity index (χ4n) is 1.42. The maximum absolute atomic E-state index is 11.5. The van der Waals surface area contributed by atoms with Crippen LogP contribution in [-0.2, 0) is 9.53 Å². The smallest absolute Gasteiger partial charge is 0.314 e. The summed E-state index contributed by atoms with van der Waals surface area (Å²) in [4.78, 5) is 11.5. The molecule has 1 aromatic carbocycles. The van der Waals surface area contributed by atoms with Gasteiger partial charge in [0, 0.05) is 0 Å². The van der Waals surface area contributed by atoms with Gasteiger partial charge in [0.15, 0.2) is 5.75 Å². The summed E-state index contributed by atoms with van der Waals surface area (Å²) < 4.78 is 11.0. The van der Waals surface area contributed by atoms with Crippen LogP contribution in [0.25, 0.3) is 0 Å². The van der Waals surface area contributed by atoms with Gasteiger partial charge in [-0.3, -0.25) is 4.79 Å².